The molecular formula is C9H17O4S-. The van der Waals surface area contributed by atoms with Crippen LogP contribution < -0.4 is 0 Å². The summed E-state index contributed by atoms with van der Waals surface area (Å²) in [6.45, 7) is 5.65. The van der Waals surface area contributed by atoms with Crippen LogP contribution >= 0.6 is 0 Å². The van der Waals surface area contributed by atoms with Crippen molar-refractivity contribution in [1.29, 1.82) is 0 Å². The molecule has 0 aromatic rings. The third-order valence-electron chi connectivity index (χ3n) is 1.72. The van der Waals surface area contributed by atoms with Crippen LogP contribution in [0.5, 0.6) is 0 Å². The number of esters is 1. The first kappa shape index (κ1) is 13.6. The van der Waals surface area contributed by atoms with Crippen molar-refractivity contribution in [3.63, 3.8) is 0 Å². The molecule has 0 saturated heterocycles. The summed E-state index contributed by atoms with van der Waals surface area (Å²) in [5.41, 5.74) is -0.490. The molecule has 0 radical (unpaired) electrons. The fourth-order valence-corrected chi connectivity index (χ4v) is 1.51. The summed E-state index contributed by atoms with van der Waals surface area (Å²) < 4.78 is 25.5. The lowest BCUT2D eigenvalue weighted by molar-refractivity contribution is -0.156. The minimum absolute atomic E-state index is 0.0662. The van der Waals surface area contributed by atoms with Crippen molar-refractivity contribution in [1.82, 2.24) is 0 Å². The SMILES string of the molecule is CCCC(C)(C)OC(=O)CCS(=O)[O-]. The summed E-state index contributed by atoms with van der Waals surface area (Å²) in [6, 6.07) is 0. The predicted molar refractivity (Wildman–Crippen MR) is 53.5 cm³/mol. The van der Waals surface area contributed by atoms with Gasteiger partial charge in [0, 0.05) is 5.75 Å². The molecular weight excluding hydrogens is 204 g/mol. The molecule has 0 heterocycles. The molecule has 1 unspecified atom stereocenters. The van der Waals surface area contributed by atoms with Crippen molar-refractivity contribution in [3.8, 4) is 0 Å². The van der Waals surface area contributed by atoms with Crippen LogP contribution in [0.2, 0.25) is 0 Å². The van der Waals surface area contributed by atoms with E-state index in [-0.39, 0.29) is 12.2 Å². The second kappa shape index (κ2) is 6.14. The van der Waals surface area contributed by atoms with E-state index in [0.29, 0.717) is 0 Å². The molecule has 0 aliphatic carbocycles. The first-order valence-electron chi connectivity index (χ1n) is 4.65. The van der Waals surface area contributed by atoms with E-state index in [2.05, 4.69) is 0 Å². The lowest BCUT2D eigenvalue weighted by Crippen LogP contribution is -2.28. The lowest BCUT2D eigenvalue weighted by Gasteiger charge is -2.24. The molecule has 0 N–H and O–H groups in total. The van der Waals surface area contributed by atoms with Crippen LogP contribution in [0.15, 0.2) is 0 Å². The number of ether oxygens (including phenoxy) is 1. The maximum absolute atomic E-state index is 11.1. The van der Waals surface area contributed by atoms with Gasteiger partial charge in [0.05, 0.1) is 6.42 Å². The zero-order valence-corrected chi connectivity index (χ0v) is 9.69. The Morgan fingerprint density at radius 3 is 2.50 bits per heavy atom. The minimum atomic E-state index is -2.17. The summed E-state index contributed by atoms with van der Waals surface area (Å²) in [6.07, 6.45) is 1.64. The van der Waals surface area contributed by atoms with E-state index in [1.54, 1.807) is 0 Å². The molecule has 0 amide bonds. The Hall–Kier alpha value is -0.420. The summed E-state index contributed by atoms with van der Waals surface area (Å²) in [5, 5.41) is 0. The fourth-order valence-electron chi connectivity index (χ4n) is 1.18. The van der Waals surface area contributed by atoms with Crippen molar-refractivity contribution in [3.05, 3.63) is 0 Å². The van der Waals surface area contributed by atoms with Crippen molar-refractivity contribution >= 4 is 17.0 Å². The summed E-state index contributed by atoms with van der Waals surface area (Å²) >= 11 is -2.17. The standard InChI is InChI=1S/C9H18O4S/c1-4-6-9(2,3)13-8(10)5-7-14(11)12/h4-7H2,1-3H3,(H,11,12)/p-1. The quantitative estimate of drug-likeness (QED) is 0.502. The van der Waals surface area contributed by atoms with Gasteiger partial charge in [-0.3, -0.25) is 9.00 Å². The van der Waals surface area contributed by atoms with Gasteiger partial charge in [-0.25, -0.2) is 0 Å². The highest BCUT2D eigenvalue weighted by atomic mass is 32.2. The summed E-state index contributed by atoms with van der Waals surface area (Å²) in [4.78, 5) is 11.1. The number of hydrogen-bond acceptors (Lipinski definition) is 4. The molecule has 4 nitrogen and oxygen atoms in total. The minimum Gasteiger partial charge on any atom is -0.772 e. The third kappa shape index (κ3) is 7.03. The zero-order valence-electron chi connectivity index (χ0n) is 8.87. The molecule has 0 aromatic heterocycles. The molecule has 1 atom stereocenters. The van der Waals surface area contributed by atoms with Gasteiger partial charge in [-0.15, -0.1) is 0 Å². The summed E-state index contributed by atoms with van der Waals surface area (Å²) in [5.74, 6) is -0.617. The third-order valence-corrected chi connectivity index (χ3v) is 2.25. The van der Waals surface area contributed by atoms with Crippen molar-refractivity contribution in [2.75, 3.05) is 5.75 Å². The second-order valence-electron chi connectivity index (χ2n) is 3.74. The van der Waals surface area contributed by atoms with Crippen LogP contribution in [0.3, 0.4) is 0 Å². The fraction of sp³-hybridized carbons (Fsp3) is 0.889. The van der Waals surface area contributed by atoms with E-state index < -0.39 is 22.7 Å². The van der Waals surface area contributed by atoms with Gasteiger partial charge in [-0.2, -0.15) is 0 Å². The molecule has 0 aliphatic heterocycles. The maximum Gasteiger partial charge on any atom is 0.307 e. The van der Waals surface area contributed by atoms with Crippen molar-refractivity contribution in [2.45, 2.75) is 45.6 Å². The average Bonchev–Trinajstić information content (AvgIpc) is 1.99. The van der Waals surface area contributed by atoms with Gasteiger partial charge in [-0.1, -0.05) is 24.4 Å². The van der Waals surface area contributed by atoms with E-state index in [4.69, 9.17) is 4.74 Å². The smallest absolute Gasteiger partial charge is 0.307 e. The van der Waals surface area contributed by atoms with E-state index >= 15 is 0 Å². The maximum atomic E-state index is 11.1. The van der Waals surface area contributed by atoms with Gasteiger partial charge in [0.25, 0.3) is 0 Å². The van der Waals surface area contributed by atoms with Crippen LogP contribution in [0, 0.1) is 0 Å². The number of carbonyl (C=O) groups excluding carboxylic acids is 1. The molecule has 5 heteroatoms. The Bertz CT molecular complexity index is 213. The predicted octanol–water partition coefficient (Wildman–Crippen LogP) is 1.38. The zero-order chi connectivity index (χ0) is 11.2. The van der Waals surface area contributed by atoms with E-state index in [9.17, 15) is 13.6 Å². The van der Waals surface area contributed by atoms with Crippen LogP contribution in [0.1, 0.15) is 40.0 Å². The normalized spacial score (nSPS) is 13.7. The van der Waals surface area contributed by atoms with Gasteiger partial charge in [0.1, 0.15) is 5.60 Å². The molecule has 0 aromatic carbocycles. The van der Waals surface area contributed by atoms with Gasteiger partial charge >= 0.3 is 5.97 Å². The lowest BCUT2D eigenvalue weighted by atomic mass is 10.0. The largest absolute Gasteiger partial charge is 0.772 e. The monoisotopic (exact) mass is 221 g/mol. The first-order chi connectivity index (χ1) is 6.37. The van der Waals surface area contributed by atoms with E-state index in [0.717, 1.165) is 12.8 Å². The Kier molecular flexibility index (Phi) is 5.95. The van der Waals surface area contributed by atoms with Gasteiger partial charge in [0.2, 0.25) is 0 Å². The number of rotatable bonds is 6. The van der Waals surface area contributed by atoms with E-state index in [1.165, 1.54) is 0 Å². The highest BCUT2D eigenvalue weighted by Gasteiger charge is 2.21. The molecule has 14 heavy (non-hydrogen) atoms. The highest BCUT2D eigenvalue weighted by Crippen LogP contribution is 2.17. The molecule has 0 bridgehead atoms. The Balaban J connectivity index is 3.86. The number of carbonyl (C=O) groups is 1. The highest BCUT2D eigenvalue weighted by molar-refractivity contribution is 7.79. The first-order valence-corrected chi connectivity index (χ1v) is 5.89. The Morgan fingerprint density at radius 2 is 2.07 bits per heavy atom. The topological polar surface area (TPSA) is 66.4 Å². The van der Waals surface area contributed by atoms with Gasteiger partial charge in [-0.05, 0) is 20.3 Å². The molecule has 0 rings (SSSR count). The van der Waals surface area contributed by atoms with E-state index in [1.807, 2.05) is 20.8 Å². The summed E-state index contributed by atoms with van der Waals surface area (Å²) in [7, 11) is 0. The molecule has 0 aliphatic rings. The van der Waals surface area contributed by atoms with Crippen LogP contribution in [-0.2, 0) is 20.6 Å². The molecule has 0 fully saturated rings. The van der Waals surface area contributed by atoms with Crippen LogP contribution in [0.25, 0.3) is 0 Å². The van der Waals surface area contributed by atoms with Crippen LogP contribution in [0.4, 0.5) is 0 Å². The number of hydrogen-bond donors (Lipinski definition) is 0. The molecule has 0 spiro atoms. The van der Waals surface area contributed by atoms with Gasteiger partial charge < -0.3 is 9.29 Å². The van der Waals surface area contributed by atoms with Crippen molar-refractivity contribution < 1.29 is 18.3 Å². The van der Waals surface area contributed by atoms with Crippen LogP contribution in [-0.4, -0.2) is 26.1 Å². The van der Waals surface area contributed by atoms with Gasteiger partial charge in [0.15, 0.2) is 0 Å². The Morgan fingerprint density at radius 1 is 1.50 bits per heavy atom. The average molecular weight is 221 g/mol. The Labute approximate surface area is 87.3 Å². The second-order valence-corrected chi connectivity index (χ2v) is 4.76. The molecule has 0 saturated carbocycles. The van der Waals surface area contributed by atoms with Crippen molar-refractivity contribution in [2.24, 2.45) is 0 Å². The molecule has 84 valence electrons.